The van der Waals surface area contributed by atoms with Crippen molar-refractivity contribution < 1.29 is 14.3 Å². The third-order valence-corrected chi connectivity index (χ3v) is 2.67. The third-order valence-electron chi connectivity index (χ3n) is 2.67. The van der Waals surface area contributed by atoms with Crippen molar-refractivity contribution in [2.24, 2.45) is 0 Å². The Morgan fingerprint density at radius 1 is 1.44 bits per heavy atom. The average molecular weight is 217 g/mol. The van der Waals surface area contributed by atoms with Gasteiger partial charge in [0.1, 0.15) is 5.58 Å². The average Bonchev–Trinajstić information content (AvgIpc) is 2.60. The Balaban J connectivity index is 2.57. The molecule has 0 atom stereocenters. The largest absolute Gasteiger partial charge is 0.550 e. The second kappa shape index (κ2) is 4.00. The highest BCUT2D eigenvalue weighted by molar-refractivity contribution is 5.87. The number of benzene rings is 1. The molecule has 0 aliphatic rings. The zero-order chi connectivity index (χ0) is 11.7. The standard InChI is InChI=1S/C13H14O3/c1-8(2)10-4-3-5-11-9(6-12(14)15)7-16-13(10)11/h3-5,7-8H,6H2,1-2H3,(H,14,15)/p-1. The Morgan fingerprint density at radius 2 is 2.19 bits per heavy atom. The molecule has 3 heteroatoms. The van der Waals surface area contributed by atoms with Crippen molar-refractivity contribution >= 4 is 16.9 Å². The second-order valence-corrected chi connectivity index (χ2v) is 4.19. The Hall–Kier alpha value is -1.77. The van der Waals surface area contributed by atoms with Crippen LogP contribution in [0.2, 0.25) is 0 Å². The molecule has 2 rings (SSSR count). The van der Waals surface area contributed by atoms with E-state index in [1.165, 1.54) is 6.26 Å². The van der Waals surface area contributed by atoms with Crippen molar-refractivity contribution in [3.63, 3.8) is 0 Å². The van der Waals surface area contributed by atoms with Crippen molar-refractivity contribution in [3.8, 4) is 0 Å². The molecule has 0 fully saturated rings. The van der Waals surface area contributed by atoms with Crippen LogP contribution in [0.3, 0.4) is 0 Å². The van der Waals surface area contributed by atoms with Crippen LogP contribution in [-0.2, 0) is 11.2 Å². The molecule has 1 heterocycles. The summed E-state index contributed by atoms with van der Waals surface area (Å²) in [4.78, 5) is 10.6. The molecule has 1 aromatic carbocycles. The van der Waals surface area contributed by atoms with Gasteiger partial charge < -0.3 is 14.3 Å². The SMILES string of the molecule is CC(C)c1cccc2c(CC(=O)[O-])coc12. The maximum atomic E-state index is 10.6. The molecule has 2 aromatic rings. The number of furan rings is 1. The van der Waals surface area contributed by atoms with E-state index >= 15 is 0 Å². The van der Waals surface area contributed by atoms with E-state index in [0.29, 0.717) is 11.5 Å². The van der Waals surface area contributed by atoms with Gasteiger partial charge in [-0.1, -0.05) is 32.0 Å². The quantitative estimate of drug-likeness (QED) is 0.788. The topological polar surface area (TPSA) is 53.3 Å². The van der Waals surface area contributed by atoms with Gasteiger partial charge in [-0.3, -0.25) is 0 Å². The fraction of sp³-hybridized carbons (Fsp3) is 0.308. The minimum atomic E-state index is -1.09. The Kier molecular flexibility index (Phi) is 2.69. The summed E-state index contributed by atoms with van der Waals surface area (Å²) in [6.45, 7) is 4.16. The fourth-order valence-corrected chi connectivity index (χ4v) is 1.88. The number of para-hydroxylation sites is 1. The molecule has 0 saturated heterocycles. The minimum Gasteiger partial charge on any atom is -0.550 e. The fourth-order valence-electron chi connectivity index (χ4n) is 1.88. The summed E-state index contributed by atoms with van der Waals surface area (Å²) in [7, 11) is 0. The lowest BCUT2D eigenvalue weighted by Gasteiger charge is -2.05. The molecular weight excluding hydrogens is 204 g/mol. The van der Waals surface area contributed by atoms with Crippen molar-refractivity contribution in [1.82, 2.24) is 0 Å². The lowest BCUT2D eigenvalue weighted by Crippen LogP contribution is -2.24. The van der Waals surface area contributed by atoms with Crippen molar-refractivity contribution in [2.45, 2.75) is 26.2 Å². The molecule has 84 valence electrons. The molecule has 16 heavy (non-hydrogen) atoms. The highest BCUT2D eigenvalue weighted by Gasteiger charge is 2.11. The monoisotopic (exact) mass is 217 g/mol. The van der Waals surface area contributed by atoms with E-state index < -0.39 is 5.97 Å². The van der Waals surface area contributed by atoms with Crippen LogP contribution in [0.15, 0.2) is 28.9 Å². The molecule has 0 unspecified atom stereocenters. The van der Waals surface area contributed by atoms with Gasteiger partial charge in [0.05, 0.1) is 6.26 Å². The lowest BCUT2D eigenvalue weighted by molar-refractivity contribution is -0.304. The number of aliphatic carboxylic acids is 1. The van der Waals surface area contributed by atoms with E-state index in [0.717, 1.165) is 16.5 Å². The number of fused-ring (bicyclic) bond motifs is 1. The first-order valence-electron chi connectivity index (χ1n) is 5.28. The van der Waals surface area contributed by atoms with Gasteiger partial charge in [0.15, 0.2) is 0 Å². The molecule has 0 aliphatic carbocycles. The number of carboxylic acid groups (broad SMARTS) is 1. The van der Waals surface area contributed by atoms with Crippen LogP contribution in [0.5, 0.6) is 0 Å². The van der Waals surface area contributed by atoms with Crippen LogP contribution in [-0.4, -0.2) is 5.97 Å². The normalized spacial score (nSPS) is 11.2. The van der Waals surface area contributed by atoms with Gasteiger partial charge in [-0.05, 0) is 11.5 Å². The zero-order valence-corrected chi connectivity index (χ0v) is 9.32. The van der Waals surface area contributed by atoms with Gasteiger partial charge in [-0.25, -0.2) is 0 Å². The molecule has 0 aliphatic heterocycles. The van der Waals surface area contributed by atoms with E-state index in [-0.39, 0.29) is 6.42 Å². The summed E-state index contributed by atoms with van der Waals surface area (Å²) in [5.74, 6) is -0.733. The number of rotatable bonds is 3. The van der Waals surface area contributed by atoms with E-state index in [1.807, 2.05) is 18.2 Å². The van der Waals surface area contributed by atoms with Crippen LogP contribution in [0, 0.1) is 0 Å². The molecule has 1 aromatic heterocycles. The minimum absolute atomic E-state index is 0.103. The zero-order valence-electron chi connectivity index (χ0n) is 9.32. The van der Waals surface area contributed by atoms with E-state index in [2.05, 4.69) is 13.8 Å². The Labute approximate surface area is 93.7 Å². The first-order valence-corrected chi connectivity index (χ1v) is 5.28. The van der Waals surface area contributed by atoms with Crippen LogP contribution in [0.25, 0.3) is 11.0 Å². The Morgan fingerprint density at radius 3 is 2.81 bits per heavy atom. The number of carbonyl (C=O) groups excluding carboxylic acids is 1. The van der Waals surface area contributed by atoms with Crippen LogP contribution >= 0.6 is 0 Å². The Bertz CT molecular complexity index is 523. The van der Waals surface area contributed by atoms with Gasteiger partial charge >= 0.3 is 0 Å². The number of carbonyl (C=O) groups is 1. The summed E-state index contributed by atoms with van der Waals surface area (Å²) >= 11 is 0. The summed E-state index contributed by atoms with van der Waals surface area (Å²) < 4.78 is 5.45. The lowest BCUT2D eigenvalue weighted by atomic mass is 9.99. The maximum absolute atomic E-state index is 10.6. The van der Waals surface area contributed by atoms with Crippen molar-refractivity contribution in [3.05, 3.63) is 35.6 Å². The number of carboxylic acids is 1. The molecule has 0 bridgehead atoms. The van der Waals surface area contributed by atoms with E-state index in [9.17, 15) is 9.90 Å². The number of hydrogen-bond acceptors (Lipinski definition) is 3. The molecule has 0 saturated carbocycles. The molecule has 0 N–H and O–H groups in total. The summed E-state index contributed by atoms with van der Waals surface area (Å²) in [6, 6.07) is 5.80. The summed E-state index contributed by atoms with van der Waals surface area (Å²) in [5.41, 5.74) is 2.56. The highest BCUT2D eigenvalue weighted by atomic mass is 16.4. The van der Waals surface area contributed by atoms with Crippen LogP contribution < -0.4 is 5.11 Å². The summed E-state index contributed by atoms with van der Waals surface area (Å²) in [5, 5.41) is 11.4. The van der Waals surface area contributed by atoms with Crippen molar-refractivity contribution in [2.75, 3.05) is 0 Å². The van der Waals surface area contributed by atoms with Gasteiger partial charge in [0, 0.05) is 23.3 Å². The van der Waals surface area contributed by atoms with Crippen LogP contribution in [0.4, 0.5) is 0 Å². The predicted molar refractivity (Wildman–Crippen MR) is 59.0 cm³/mol. The van der Waals surface area contributed by atoms with Gasteiger partial charge in [0.2, 0.25) is 0 Å². The summed E-state index contributed by atoms with van der Waals surface area (Å²) in [6.07, 6.45) is 1.40. The highest BCUT2D eigenvalue weighted by Crippen LogP contribution is 2.29. The number of hydrogen-bond donors (Lipinski definition) is 0. The molecule has 0 radical (unpaired) electrons. The maximum Gasteiger partial charge on any atom is 0.137 e. The predicted octanol–water partition coefficient (Wildman–Crippen LogP) is 1.85. The van der Waals surface area contributed by atoms with E-state index in [1.54, 1.807) is 0 Å². The molecular formula is C13H13O3-. The van der Waals surface area contributed by atoms with Crippen molar-refractivity contribution in [1.29, 1.82) is 0 Å². The van der Waals surface area contributed by atoms with Gasteiger partial charge in [-0.2, -0.15) is 0 Å². The first kappa shape index (κ1) is 10.7. The first-order chi connectivity index (χ1) is 7.59. The van der Waals surface area contributed by atoms with Gasteiger partial charge in [0.25, 0.3) is 0 Å². The van der Waals surface area contributed by atoms with Crippen LogP contribution in [0.1, 0.15) is 30.9 Å². The van der Waals surface area contributed by atoms with Gasteiger partial charge in [-0.15, -0.1) is 0 Å². The molecule has 3 nitrogen and oxygen atoms in total. The molecule has 0 spiro atoms. The van der Waals surface area contributed by atoms with E-state index in [4.69, 9.17) is 4.42 Å². The molecule has 0 amide bonds. The third kappa shape index (κ3) is 1.81. The smallest absolute Gasteiger partial charge is 0.137 e. The second-order valence-electron chi connectivity index (χ2n) is 4.19.